The second kappa shape index (κ2) is 5.77. The van der Waals surface area contributed by atoms with Gasteiger partial charge in [-0.2, -0.15) is 0 Å². The maximum atomic E-state index is 12.1. The first kappa shape index (κ1) is 13.6. The second-order valence-corrected chi connectivity index (χ2v) is 6.29. The highest BCUT2D eigenvalue weighted by molar-refractivity contribution is 7.84. The summed E-state index contributed by atoms with van der Waals surface area (Å²) in [6, 6.07) is -0.0395. The molecule has 4 nitrogen and oxygen atoms in total. The maximum absolute atomic E-state index is 12.1. The topological polar surface area (TPSA) is 72.2 Å². The summed E-state index contributed by atoms with van der Waals surface area (Å²) in [5.41, 5.74) is 5.37. The number of carbonyl (C=O) groups is 1. The molecule has 1 rings (SSSR count). The summed E-state index contributed by atoms with van der Waals surface area (Å²) in [6.45, 7) is 2.30. The molecule has 0 spiro atoms. The minimum absolute atomic E-state index is 0.0395. The van der Waals surface area contributed by atoms with Crippen molar-refractivity contribution in [3.8, 4) is 0 Å². The van der Waals surface area contributed by atoms with Crippen LogP contribution in [0.5, 0.6) is 0 Å². The lowest BCUT2D eigenvalue weighted by Crippen LogP contribution is -2.48. The Balaban J connectivity index is 2.53. The van der Waals surface area contributed by atoms with E-state index in [2.05, 4.69) is 5.32 Å². The molecule has 0 aromatic heterocycles. The molecule has 1 aliphatic carbocycles. The molecule has 1 fully saturated rings. The van der Waals surface area contributed by atoms with Crippen molar-refractivity contribution in [1.29, 1.82) is 0 Å². The monoisotopic (exact) mass is 246 g/mol. The van der Waals surface area contributed by atoms with Gasteiger partial charge in [-0.3, -0.25) is 9.00 Å². The van der Waals surface area contributed by atoms with E-state index in [4.69, 9.17) is 5.73 Å². The molecule has 2 unspecified atom stereocenters. The van der Waals surface area contributed by atoms with Crippen molar-refractivity contribution in [2.24, 2.45) is 11.1 Å². The quantitative estimate of drug-likeness (QED) is 0.737. The fraction of sp³-hybridized carbons (Fsp3) is 0.909. The average molecular weight is 246 g/mol. The van der Waals surface area contributed by atoms with Gasteiger partial charge in [0.2, 0.25) is 5.91 Å². The highest BCUT2D eigenvalue weighted by Crippen LogP contribution is 2.37. The molecule has 0 bridgehead atoms. The molecule has 5 heteroatoms. The first-order valence-corrected chi connectivity index (χ1v) is 7.54. The third-order valence-corrected chi connectivity index (χ3v) is 4.26. The summed E-state index contributed by atoms with van der Waals surface area (Å²) in [7, 11) is -0.875. The van der Waals surface area contributed by atoms with Crippen molar-refractivity contribution in [3.05, 3.63) is 0 Å². The Labute approximate surface area is 99.8 Å². The summed E-state index contributed by atoms with van der Waals surface area (Å²) in [6.07, 6.45) is 5.59. The highest BCUT2D eigenvalue weighted by atomic mass is 32.2. The minimum Gasteiger partial charge on any atom is -0.352 e. The first-order chi connectivity index (χ1) is 7.50. The van der Waals surface area contributed by atoms with Crippen molar-refractivity contribution in [1.82, 2.24) is 5.32 Å². The smallest absolute Gasteiger partial charge is 0.227 e. The lowest BCUT2D eigenvalue weighted by molar-refractivity contribution is -0.130. The van der Waals surface area contributed by atoms with Gasteiger partial charge in [-0.05, 0) is 19.8 Å². The van der Waals surface area contributed by atoms with Gasteiger partial charge in [0.25, 0.3) is 0 Å². The predicted octanol–water partition coefficient (Wildman–Crippen LogP) is 0.389. The maximum Gasteiger partial charge on any atom is 0.227 e. The van der Waals surface area contributed by atoms with Gasteiger partial charge < -0.3 is 11.1 Å². The fourth-order valence-electron chi connectivity index (χ4n) is 2.35. The third kappa shape index (κ3) is 3.28. The summed E-state index contributed by atoms with van der Waals surface area (Å²) in [5, 5.41) is 2.93. The Morgan fingerprint density at radius 1 is 1.50 bits per heavy atom. The number of nitrogens with one attached hydrogen (secondary N) is 1. The van der Waals surface area contributed by atoms with E-state index in [1.54, 1.807) is 6.26 Å². The summed E-state index contributed by atoms with van der Waals surface area (Å²) < 4.78 is 11.0. The van der Waals surface area contributed by atoms with Crippen LogP contribution in [0.25, 0.3) is 0 Å². The number of carbonyl (C=O) groups excluding carboxylic acids is 1. The van der Waals surface area contributed by atoms with Crippen LogP contribution in [0.15, 0.2) is 0 Å². The van der Waals surface area contributed by atoms with Crippen molar-refractivity contribution in [2.45, 2.75) is 38.6 Å². The zero-order valence-corrected chi connectivity index (χ0v) is 10.9. The van der Waals surface area contributed by atoms with Crippen LogP contribution in [0, 0.1) is 5.41 Å². The lowest BCUT2D eigenvalue weighted by atomic mass is 9.85. The van der Waals surface area contributed by atoms with E-state index in [0.717, 1.165) is 25.7 Å². The number of hydrogen-bond donors (Lipinski definition) is 2. The number of hydrogen-bond acceptors (Lipinski definition) is 3. The normalized spacial score (nSPS) is 22.7. The number of nitrogens with two attached hydrogens (primary N) is 1. The predicted molar refractivity (Wildman–Crippen MR) is 66.5 cm³/mol. The molecule has 2 atom stereocenters. The fourth-order valence-corrected chi connectivity index (χ4v) is 3.13. The number of amides is 1. The Morgan fingerprint density at radius 3 is 2.50 bits per heavy atom. The van der Waals surface area contributed by atoms with Gasteiger partial charge in [0, 0.05) is 35.4 Å². The van der Waals surface area contributed by atoms with Gasteiger partial charge in [0.05, 0.1) is 5.41 Å². The summed E-state index contributed by atoms with van der Waals surface area (Å²) in [5.74, 6) is 0.553. The Hall–Kier alpha value is -0.420. The Morgan fingerprint density at radius 2 is 2.06 bits per heavy atom. The van der Waals surface area contributed by atoms with Crippen LogP contribution in [0.4, 0.5) is 0 Å². The van der Waals surface area contributed by atoms with Crippen molar-refractivity contribution in [2.75, 3.05) is 18.6 Å². The minimum atomic E-state index is -0.875. The molecule has 94 valence electrons. The van der Waals surface area contributed by atoms with Gasteiger partial charge in [0.15, 0.2) is 0 Å². The summed E-state index contributed by atoms with van der Waals surface area (Å²) in [4.78, 5) is 12.1. The molecule has 3 N–H and O–H groups in total. The molecule has 0 heterocycles. The van der Waals surface area contributed by atoms with Gasteiger partial charge in [0.1, 0.15) is 0 Å². The molecule has 0 radical (unpaired) electrons. The van der Waals surface area contributed by atoms with Gasteiger partial charge >= 0.3 is 0 Å². The van der Waals surface area contributed by atoms with E-state index in [9.17, 15) is 9.00 Å². The van der Waals surface area contributed by atoms with Gasteiger partial charge in [-0.15, -0.1) is 0 Å². The van der Waals surface area contributed by atoms with Crippen molar-refractivity contribution < 1.29 is 9.00 Å². The Kier molecular flexibility index (Phi) is 4.92. The molecule has 1 amide bonds. The zero-order valence-electron chi connectivity index (χ0n) is 10.1. The van der Waals surface area contributed by atoms with E-state index in [1.165, 1.54) is 0 Å². The first-order valence-electron chi connectivity index (χ1n) is 5.81. The van der Waals surface area contributed by atoms with Crippen LogP contribution in [0.2, 0.25) is 0 Å². The van der Waals surface area contributed by atoms with E-state index in [0.29, 0.717) is 12.3 Å². The van der Waals surface area contributed by atoms with E-state index in [1.807, 2.05) is 6.92 Å². The van der Waals surface area contributed by atoms with Crippen LogP contribution in [0.3, 0.4) is 0 Å². The van der Waals surface area contributed by atoms with Crippen molar-refractivity contribution >= 4 is 16.7 Å². The van der Waals surface area contributed by atoms with Crippen LogP contribution in [0.1, 0.15) is 32.6 Å². The third-order valence-electron chi connectivity index (χ3n) is 3.30. The molecule has 1 aliphatic rings. The van der Waals surface area contributed by atoms with Crippen LogP contribution in [-0.2, 0) is 15.6 Å². The van der Waals surface area contributed by atoms with E-state index >= 15 is 0 Å². The van der Waals surface area contributed by atoms with Gasteiger partial charge in [-0.1, -0.05) is 12.8 Å². The standard InChI is InChI=1S/C11H22N2O2S/c1-9(7-16(2)15)13-10(14)11(8-12)5-3-4-6-11/h9H,3-8,12H2,1-2H3,(H,13,14). The molecule has 0 aromatic rings. The van der Waals surface area contributed by atoms with Crippen LogP contribution >= 0.6 is 0 Å². The molecule has 1 saturated carbocycles. The van der Waals surface area contributed by atoms with Crippen LogP contribution in [-0.4, -0.2) is 34.7 Å². The summed E-state index contributed by atoms with van der Waals surface area (Å²) >= 11 is 0. The largest absolute Gasteiger partial charge is 0.352 e. The molecular weight excluding hydrogens is 224 g/mol. The average Bonchev–Trinajstić information content (AvgIpc) is 2.65. The molecule has 0 aromatic carbocycles. The second-order valence-electron chi connectivity index (χ2n) is 4.81. The van der Waals surface area contributed by atoms with E-state index < -0.39 is 10.8 Å². The lowest BCUT2D eigenvalue weighted by Gasteiger charge is -2.27. The molecular formula is C11H22N2O2S. The van der Waals surface area contributed by atoms with E-state index in [-0.39, 0.29) is 17.4 Å². The highest BCUT2D eigenvalue weighted by Gasteiger charge is 2.40. The molecule has 0 saturated heterocycles. The zero-order chi connectivity index (χ0) is 12.2. The molecule has 0 aliphatic heterocycles. The van der Waals surface area contributed by atoms with Gasteiger partial charge in [-0.25, -0.2) is 0 Å². The SMILES string of the molecule is CC(CS(C)=O)NC(=O)C1(CN)CCCC1. The van der Waals surface area contributed by atoms with Crippen LogP contribution < -0.4 is 11.1 Å². The number of rotatable bonds is 5. The molecule has 16 heavy (non-hydrogen) atoms. The van der Waals surface area contributed by atoms with Crippen molar-refractivity contribution in [3.63, 3.8) is 0 Å². The Bertz CT molecular complexity index is 275.